The zero-order valence-corrected chi connectivity index (χ0v) is 28.7. The molecule has 0 saturated carbocycles. The van der Waals surface area contributed by atoms with E-state index in [1.807, 2.05) is 30.3 Å². The Labute approximate surface area is 297 Å². The molecule has 0 aliphatic rings. The second-order valence-corrected chi connectivity index (χ2v) is 10.7. The van der Waals surface area contributed by atoms with E-state index in [9.17, 15) is 18.0 Å². The van der Waals surface area contributed by atoms with Crippen LogP contribution in [0.4, 0.5) is 24.5 Å². The molecule has 0 unspecified atom stereocenters. The van der Waals surface area contributed by atoms with Gasteiger partial charge in [0.25, 0.3) is 0 Å². The number of alkyl halides is 3. The first-order valence-corrected chi connectivity index (χ1v) is 16.8. The third-order valence-corrected chi connectivity index (χ3v) is 6.79. The summed E-state index contributed by atoms with van der Waals surface area (Å²) in [7, 11) is 0. The van der Waals surface area contributed by atoms with E-state index in [2.05, 4.69) is 5.32 Å². The van der Waals surface area contributed by atoms with Gasteiger partial charge in [0.1, 0.15) is 6.61 Å². The van der Waals surface area contributed by atoms with Crippen LogP contribution in [0.2, 0.25) is 0 Å². The Morgan fingerprint density at radius 1 is 0.510 bits per heavy atom. The van der Waals surface area contributed by atoms with Crippen molar-refractivity contribution in [2.24, 2.45) is 0 Å². The third-order valence-electron chi connectivity index (χ3n) is 6.79. The van der Waals surface area contributed by atoms with Gasteiger partial charge in [-0.25, -0.2) is 4.79 Å². The van der Waals surface area contributed by atoms with Gasteiger partial charge in [0.2, 0.25) is 0 Å². The molecule has 0 atom stereocenters. The molecule has 1 N–H and O–H groups in total. The number of esters is 1. The SMILES string of the molecule is O=C(OCCOCCOCCOCCOCCOCCOCCOCCOCc1ccccc1)c1ccccc1Nc1cccc(C(F)(F)F)c1. The smallest absolute Gasteiger partial charge is 0.416 e. The highest BCUT2D eigenvalue weighted by Crippen LogP contribution is 2.32. The van der Waals surface area contributed by atoms with Crippen LogP contribution in [-0.2, 0) is 55.4 Å². The number of carbonyl (C=O) groups is 1. The number of anilines is 2. The number of nitrogens with one attached hydrogen (secondary N) is 1. The number of hydrogen-bond donors (Lipinski definition) is 1. The van der Waals surface area contributed by atoms with Crippen LogP contribution in [0, 0.1) is 0 Å². The predicted octanol–water partition coefficient (Wildman–Crippen LogP) is 5.94. The highest BCUT2D eigenvalue weighted by Gasteiger charge is 2.30. The van der Waals surface area contributed by atoms with Crippen molar-refractivity contribution in [1.82, 2.24) is 0 Å². The summed E-state index contributed by atoms with van der Waals surface area (Å²) < 4.78 is 88.2. The molecule has 0 aliphatic heterocycles. The highest BCUT2D eigenvalue weighted by atomic mass is 19.4. The molecule has 0 fully saturated rings. The molecule has 0 aliphatic carbocycles. The molecule has 51 heavy (non-hydrogen) atoms. The summed E-state index contributed by atoms with van der Waals surface area (Å²) >= 11 is 0. The quantitative estimate of drug-likeness (QED) is 0.0679. The van der Waals surface area contributed by atoms with Crippen LogP contribution in [0.1, 0.15) is 21.5 Å². The van der Waals surface area contributed by atoms with E-state index in [0.29, 0.717) is 105 Å². The van der Waals surface area contributed by atoms with E-state index in [1.54, 1.807) is 18.2 Å². The molecule has 0 amide bonds. The molecule has 3 rings (SSSR count). The Kier molecular flexibility index (Phi) is 21.5. The first kappa shape index (κ1) is 41.8. The van der Waals surface area contributed by atoms with Gasteiger partial charge < -0.3 is 47.9 Å². The zero-order valence-electron chi connectivity index (χ0n) is 28.7. The van der Waals surface area contributed by atoms with Crippen LogP contribution in [0.15, 0.2) is 78.9 Å². The number of hydrogen-bond acceptors (Lipinski definition) is 11. The maximum Gasteiger partial charge on any atom is 0.416 e. The van der Waals surface area contributed by atoms with Gasteiger partial charge in [-0.3, -0.25) is 0 Å². The van der Waals surface area contributed by atoms with Gasteiger partial charge in [0.15, 0.2) is 0 Å². The lowest BCUT2D eigenvalue weighted by atomic mass is 10.1. The summed E-state index contributed by atoms with van der Waals surface area (Å²) in [5.74, 6) is -0.626. The topological polar surface area (TPSA) is 112 Å². The minimum atomic E-state index is -4.48. The van der Waals surface area contributed by atoms with Gasteiger partial charge in [-0.15, -0.1) is 0 Å². The Morgan fingerprint density at radius 3 is 1.47 bits per heavy atom. The third kappa shape index (κ3) is 19.6. The highest BCUT2D eigenvalue weighted by molar-refractivity contribution is 5.96. The fraction of sp³-hybridized carbons (Fsp3) is 0.486. The average Bonchev–Trinajstić information content (AvgIpc) is 3.13. The Bertz CT molecular complexity index is 1330. The Morgan fingerprint density at radius 2 is 0.961 bits per heavy atom. The summed E-state index contributed by atoms with van der Waals surface area (Å²) in [4.78, 5) is 12.6. The molecule has 0 aromatic heterocycles. The van der Waals surface area contributed by atoms with Crippen LogP contribution >= 0.6 is 0 Å². The summed E-state index contributed by atoms with van der Waals surface area (Å²) in [5.41, 5.74) is 1.06. The number of carbonyl (C=O) groups excluding carboxylic acids is 1. The molecule has 3 aromatic rings. The number of rotatable bonds is 29. The molecule has 3 aromatic carbocycles. The molecule has 0 saturated heterocycles. The van der Waals surface area contributed by atoms with Crippen LogP contribution in [-0.4, -0.2) is 112 Å². The van der Waals surface area contributed by atoms with E-state index in [4.69, 9.17) is 42.6 Å². The number of ether oxygens (including phenoxy) is 9. The van der Waals surface area contributed by atoms with Crippen LogP contribution < -0.4 is 5.32 Å². The molecule has 0 heterocycles. The normalized spacial score (nSPS) is 11.5. The van der Waals surface area contributed by atoms with Crippen LogP contribution in [0.3, 0.4) is 0 Å². The second kappa shape index (κ2) is 26.2. The minimum Gasteiger partial charge on any atom is -0.460 e. The molecule has 0 radical (unpaired) electrons. The van der Waals surface area contributed by atoms with Crippen molar-refractivity contribution in [3.63, 3.8) is 0 Å². The first-order valence-electron chi connectivity index (χ1n) is 16.8. The van der Waals surface area contributed by atoms with E-state index in [1.165, 1.54) is 18.2 Å². The van der Waals surface area contributed by atoms with Gasteiger partial charge in [0, 0.05) is 5.69 Å². The van der Waals surface area contributed by atoms with Crippen molar-refractivity contribution >= 4 is 17.3 Å². The van der Waals surface area contributed by atoms with E-state index >= 15 is 0 Å². The fourth-order valence-electron chi connectivity index (χ4n) is 4.27. The van der Waals surface area contributed by atoms with Gasteiger partial charge in [-0.05, 0) is 35.9 Å². The Balaban J connectivity index is 1.04. The van der Waals surface area contributed by atoms with Crippen molar-refractivity contribution in [3.8, 4) is 0 Å². The maximum atomic E-state index is 13.0. The largest absolute Gasteiger partial charge is 0.460 e. The molecular weight excluding hydrogens is 675 g/mol. The summed E-state index contributed by atoms with van der Waals surface area (Å²) in [6, 6.07) is 21.1. The molecule has 0 bridgehead atoms. The molecule has 0 spiro atoms. The second-order valence-electron chi connectivity index (χ2n) is 10.7. The Hall–Kier alpha value is -3.60. The van der Waals surface area contributed by atoms with E-state index in [0.717, 1.165) is 17.7 Å². The monoisotopic (exact) mass is 723 g/mol. The van der Waals surface area contributed by atoms with Gasteiger partial charge in [-0.2, -0.15) is 13.2 Å². The minimum absolute atomic E-state index is 0.00106. The van der Waals surface area contributed by atoms with Crippen molar-refractivity contribution in [3.05, 3.63) is 95.6 Å². The first-order chi connectivity index (χ1) is 24.9. The van der Waals surface area contributed by atoms with Crippen molar-refractivity contribution in [1.29, 1.82) is 0 Å². The standard InChI is InChI=1S/C37H48F3NO10/c38-37(39,40)32-9-6-10-33(29-32)41-35-12-5-4-11-34(35)36(42)51-28-27-49-24-23-47-20-19-45-16-15-43-13-14-44-17-18-46-21-22-48-25-26-50-30-31-7-2-1-3-8-31/h1-12,29,41H,13-28,30H2. The van der Waals surface area contributed by atoms with E-state index < -0.39 is 17.7 Å². The van der Waals surface area contributed by atoms with Gasteiger partial charge in [-0.1, -0.05) is 48.5 Å². The predicted molar refractivity (Wildman–Crippen MR) is 183 cm³/mol. The number of benzene rings is 3. The molecular formula is C37H48F3NO10. The molecule has 282 valence electrons. The number of halogens is 3. The fourth-order valence-corrected chi connectivity index (χ4v) is 4.27. The lowest BCUT2D eigenvalue weighted by Gasteiger charge is -2.13. The van der Waals surface area contributed by atoms with Crippen molar-refractivity contribution in [2.75, 3.05) is 111 Å². The average molecular weight is 724 g/mol. The maximum absolute atomic E-state index is 13.0. The van der Waals surface area contributed by atoms with Gasteiger partial charge >= 0.3 is 12.1 Å². The van der Waals surface area contributed by atoms with Gasteiger partial charge in [0.05, 0.1) is 123 Å². The summed E-state index contributed by atoms with van der Waals surface area (Å²) in [5, 5.41) is 2.86. The molecule has 11 nitrogen and oxygen atoms in total. The number of para-hydroxylation sites is 1. The summed E-state index contributed by atoms with van der Waals surface area (Å²) in [6.45, 7) is 7.03. The lowest BCUT2D eigenvalue weighted by molar-refractivity contribution is -0.137. The van der Waals surface area contributed by atoms with Crippen LogP contribution in [0.25, 0.3) is 0 Å². The van der Waals surface area contributed by atoms with Crippen molar-refractivity contribution in [2.45, 2.75) is 12.8 Å². The molecule has 14 heteroatoms. The zero-order chi connectivity index (χ0) is 36.2. The van der Waals surface area contributed by atoms with Crippen molar-refractivity contribution < 1.29 is 60.6 Å². The lowest BCUT2D eigenvalue weighted by Crippen LogP contribution is -2.16. The summed E-state index contributed by atoms with van der Waals surface area (Å²) in [6.07, 6.45) is -4.48. The van der Waals surface area contributed by atoms with E-state index in [-0.39, 0.29) is 24.5 Å². The van der Waals surface area contributed by atoms with Crippen LogP contribution in [0.5, 0.6) is 0 Å².